The SMILES string of the molecule is C=CCSc1ccccc1NCc1ccc(Br)c(C)c1. The van der Waals surface area contributed by atoms with Crippen LogP contribution in [0.15, 0.2) is 64.5 Å². The Balaban J connectivity index is 2.06. The molecule has 0 aliphatic carbocycles. The van der Waals surface area contributed by atoms with Gasteiger partial charge in [0, 0.05) is 27.4 Å². The highest BCUT2D eigenvalue weighted by atomic mass is 79.9. The molecule has 0 atom stereocenters. The van der Waals surface area contributed by atoms with Crippen LogP contribution in [0.2, 0.25) is 0 Å². The molecule has 0 aliphatic rings. The van der Waals surface area contributed by atoms with Gasteiger partial charge in [0.2, 0.25) is 0 Å². The van der Waals surface area contributed by atoms with E-state index in [1.54, 1.807) is 11.8 Å². The number of para-hydroxylation sites is 1. The van der Waals surface area contributed by atoms with E-state index in [1.807, 2.05) is 6.08 Å². The summed E-state index contributed by atoms with van der Waals surface area (Å²) in [5.41, 5.74) is 3.73. The molecule has 0 heterocycles. The van der Waals surface area contributed by atoms with Crippen molar-refractivity contribution in [3.05, 3.63) is 70.7 Å². The average molecular weight is 348 g/mol. The van der Waals surface area contributed by atoms with Crippen molar-refractivity contribution in [2.45, 2.75) is 18.4 Å². The van der Waals surface area contributed by atoms with Gasteiger partial charge in [0.25, 0.3) is 0 Å². The number of rotatable bonds is 6. The van der Waals surface area contributed by atoms with Gasteiger partial charge in [-0.1, -0.05) is 46.3 Å². The Kier molecular flexibility index (Phi) is 5.74. The van der Waals surface area contributed by atoms with Crippen molar-refractivity contribution in [2.75, 3.05) is 11.1 Å². The minimum atomic E-state index is 0.833. The molecule has 3 heteroatoms. The zero-order valence-corrected chi connectivity index (χ0v) is 13.9. The fourth-order valence-electron chi connectivity index (χ4n) is 1.90. The van der Waals surface area contributed by atoms with Gasteiger partial charge in [-0.25, -0.2) is 0 Å². The van der Waals surface area contributed by atoms with Crippen LogP contribution < -0.4 is 5.32 Å². The van der Waals surface area contributed by atoms with Gasteiger partial charge >= 0.3 is 0 Å². The zero-order valence-electron chi connectivity index (χ0n) is 11.5. The van der Waals surface area contributed by atoms with Crippen molar-refractivity contribution in [1.29, 1.82) is 0 Å². The molecule has 0 spiro atoms. The van der Waals surface area contributed by atoms with Crippen molar-refractivity contribution in [2.24, 2.45) is 0 Å². The number of hydrogen-bond acceptors (Lipinski definition) is 2. The Morgan fingerprint density at radius 1 is 1.25 bits per heavy atom. The molecule has 104 valence electrons. The van der Waals surface area contributed by atoms with Crippen molar-refractivity contribution in [1.82, 2.24) is 0 Å². The molecule has 1 nitrogen and oxygen atoms in total. The molecule has 2 rings (SSSR count). The van der Waals surface area contributed by atoms with Crippen LogP contribution in [0.25, 0.3) is 0 Å². The fraction of sp³-hybridized carbons (Fsp3) is 0.176. The molecule has 0 aliphatic heterocycles. The van der Waals surface area contributed by atoms with Crippen molar-refractivity contribution < 1.29 is 0 Å². The molecule has 0 saturated carbocycles. The summed E-state index contributed by atoms with van der Waals surface area (Å²) >= 11 is 5.33. The van der Waals surface area contributed by atoms with Crippen LogP contribution in [0.3, 0.4) is 0 Å². The van der Waals surface area contributed by atoms with E-state index in [2.05, 4.69) is 77.2 Å². The second kappa shape index (κ2) is 7.55. The third-order valence-corrected chi connectivity index (χ3v) is 4.91. The summed E-state index contributed by atoms with van der Waals surface area (Å²) in [7, 11) is 0. The number of halogens is 1. The van der Waals surface area contributed by atoms with E-state index in [1.165, 1.54) is 21.7 Å². The highest BCUT2D eigenvalue weighted by molar-refractivity contribution is 9.10. The van der Waals surface area contributed by atoms with Crippen LogP contribution in [-0.2, 0) is 6.54 Å². The lowest BCUT2D eigenvalue weighted by atomic mass is 10.1. The summed E-state index contributed by atoms with van der Waals surface area (Å²) in [6.45, 7) is 6.72. The number of nitrogens with one attached hydrogen (secondary N) is 1. The van der Waals surface area contributed by atoms with E-state index in [0.29, 0.717) is 0 Å². The van der Waals surface area contributed by atoms with Crippen molar-refractivity contribution in [3.63, 3.8) is 0 Å². The maximum atomic E-state index is 3.77. The molecule has 0 bridgehead atoms. The monoisotopic (exact) mass is 347 g/mol. The molecule has 0 amide bonds. The van der Waals surface area contributed by atoms with Crippen LogP contribution in [0.5, 0.6) is 0 Å². The minimum Gasteiger partial charge on any atom is -0.380 e. The zero-order chi connectivity index (χ0) is 14.4. The quantitative estimate of drug-likeness (QED) is 0.535. The first-order chi connectivity index (χ1) is 9.70. The Morgan fingerprint density at radius 3 is 2.80 bits per heavy atom. The number of aryl methyl sites for hydroxylation is 1. The van der Waals surface area contributed by atoms with Crippen LogP contribution in [-0.4, -0.2) is 5.75 Å². The Bertz CT molecular complexity index is 595. The minimum absolute atomic E-state index is 0.833. The molecule has 0 aromatic heterocycles. The second-order valence-corrected chi connectivity index (χ2v) is 6.45. The molecular weight excluding hydrogens is 330 g/mol. The lowest BCUT2D eigenvalue weighted by Gasteiger charge is -2.12. The molecule has 1 N–H and O–H groups in total. The standard InChI is InChI=1S/C17H18BrNS/c1-3-10-20-17-7-5-4-6-16(17)19-12-14-8-9-15(18)13(2)11-14/h3-9,11,19H,1,10,12H2,2H3. The molecule has 0 fully saturated rings. The maximum Gasteiger partial charge on any atom is 0.0481 e. The van der Waals surface area contributed by atoms with Gasteiger partial charge in [0.05, 0.1) is 0 Å². The van der Waals surface area contributed by atoms with Crippen LogP contribution in [0.4, 0.5) is 5.69 Å². The van der Waals surface area contributed by atoms with Gasteiger partial charge in [-0.3, -0.25) is 0 Å². The lowest BCUT2D eigenvalue weighted by molar-refractivity contribution is 1.12. The van der Waals surface area contributed by atoms with E-state index in [4.69, 9.17) is 0 Å². The third-order valence-electron chi connectivity index (χ3n) is 2.95. The van der Waals surface area contributed by atoms with Gasteiger partial charge in [0.15, 0.2) is 0 Å². The smallest absolute Gasteiger partial charge is 0.0481 e. The summed E-state index contributed by atoms with van der Waals surface area (Å²) in [6, 6.07) is 14.8. The predicted octanol–water partition coefficient (Wildman–Crippen LogP) is 5.65. The Hall–Kier alpha value is -1.19. The molecule has 0 saturated heterocycles. The van der Waals surface area contributed by atoms with E-state index in [0.717, 1.165) is 16.8 Å². The van der Waals surface area contributed by atoms with E-state index < -0.39 is 0 Å². The van der Waals surface area contributed by atoms with Crippen molar-refractivity contribution >= 4 is 33.4 Å². The molecule has 2 aromatic carbocycles. The van der Waals surface area contributed by atoms with Crippen LogP contribution in [0, 0.1) is 6.92 Å². The van der Waals surface area contributed by atoms with Gasteiger partial charge in [0.1, 0.15) is 0 Å². The number of benzene rings is 2. The van der Waals surface area contributed by atoms with Gasteiger partial charge in [-0.05, 0) is 36.2 Å². The lowest BCUT2D eigenvalue weighted by Crippen LogP contribution is -2.01. The highest BCUT2D eigenvalue weighted by Gasteiger charge is 2.02. The largest absolute Gasteiger partial charge is 0.380 e. The second-order valence-electron chi connectivity index (χ2n) is 4.53. The molecule has 0 unspecified atom stereocenters. The van der Waals surface area contributed by atoms with Crippen molar-refractivity contribution in [3.8, 4) is 0 Å². The van der Waals surface area contributed by atoms with Gasteiger partial charge in [-0.15, -0.1) is 18.3 Å². The van der Waals surface area contributed by atoms with Crippen LogP contribution >= 0.6 is 27.7 Å². The maximum absolute atomic E-state index is 3.77. The number of anilines is 1. The average Bonchev–Trinajstić information content (AvgIpc) is 2.47. The van der Waals surface area contributed by atoms with Crippen LogP contribution in [0.1, 0.15) is 11.1 Å². The number of hydrogen-bond donors (Lipinski definition) is 1. The summed E-state index contributed by atoms with van der Waals surface area (Å²) in [6.07, 6.45) is 1.93. The first-order valence-corrected chi connectivity index (χ1v) is 8.30. The summed E-state index contributed by atoms with van der Waals surface area (Å²) in [4.78, 5) is 1.27. The topological polar surface area (TPSA) is 12.0 Å². The Labute approximate surface area is 133 Å². The van der Waals surface area contributed by atoms with E-state index in [9.17, 15) is 0 Å². The third kappa shape index (κ3) is 4.15. The van der Waals surface area contributed by atoms with Gasteiger partial charge < -0.3 is 5.32 Å². The molecule has 20 heavy (non-hydrogen) atoms. The highest BCUT2D eigenvalue weighted by Crippen LogP contribution is 2.27. The molecular formula is C17H18BrNS. The number of thioether (sulfide) groups is 1. The van der Waals surface area contributed by atoms with E-state index >= 15 is 0 Å². The predicted molar refractivity (Wildman–Crippen MR) is 93.6 cm³/mol. The molecule has 2 aromatic rings. The first-order valence-electron chi connectivity index (χ1n) is 6.52. The fourth-order valence-corrected chi connectivity index (χ4v) is 2.92. The summed E-state index contributed by atoms with van der Waals surface area (Å²) in [5, 5.41) is 3.51. The Morgan fingerprint density at radius 2 is 2.05 bits per heavy atom. The first kappa shape index (κ1) is 15.2. The van der Waals surface area contributed by atoms with E-state index in [-0.39, 0.29) is 0 Å². The summed E-state index contributed by atoms with van der Waals surface area (Å²) < 4.78 is 1.16. The van der Waals surface area contributed by atoms with Gasteiger partial charge in [-0.2, -0.15) is 0 Å². The summed E-state index contributed by atoms with van der Waals surface area (Å²) in [5.74, 6) is 0.927. The normalized spacial score (nSPS) is 10.3. The molecule has 0 radical (unpaired) electrons.